The summed E-state index contributed by atoms with van der Waals surface area (Å²) >= 11 is 0. The molecule has 0 aliphatic carbocycles. The Hall–Kier alpha value is -1.38. The van der Waals surface area contributed by atoms with E-state index in [0.717, 1.165) is 25.3 Å². The summed E-state index contributed by atoms with van der Waals surface area (Å²) in [5, 5.41) is 3.12. The van der Waals surface area contributed by atoms with Crippen LogP contribution in [0, 0.1) is 0 Å². The number of hydrogen-bond acceptors (Lipinski definition) is 1. The number of halogens is 2. The number of hydrogen-bond donors (Lipinski definition) is 1. The van der Waals surface area contributed by atoms with Gasteiger partial charge < -0.3 is 5.32 Å². The molecule has 1 atom stereocenters. The minimum atomic E-state index is -2.71. The van der Waals surface area contributed by atoms with Gasteiger partial charge in [0.25, 0.3) is 5.92 Å². The quantitative estimate of drug-likeness (QED) is 0.744. The molecule has 1 nitrogen and oxygen atoms in total. The van der Waals surface area contributed by atoms with Crippen molar-refractivity contribution in [3.8, 4) is 0 Å². The van der Waals surface area contributed by atoms with Gasteiger partial charge >= 0.3 is 0 Å². The highest BCUT2D eigenvalue weighted by molar-refractivity contribution is 5.20. The molecule has 0 saturated heterocycles. The summed E-state index contributed by atoms with van der Waals surface area (Å²) in [4.78, 5) is 0. The van der Waals surface area contributed by atoms with Crippen LogP contribution in [-0.2, 0) is 0 Å². The second-order valence-corrected chi connectivity index (χ2v) is 4.75. The average molecular weight is 253 g/mol. The maximum atomic E-state index is 12.9. The van der Waals surface area contributed by atoms with Crippen LogP contribution in [0.4, 0.5) is 8.78 Å². The maximum Gasteiger partial charge on any atom is 0.250 e. The van der Waals surface area contributed by atoms with E-state index in [9.17, 15) is 8.78 Å². The van der Waals surface area contributed by atoms with E-state index in [2.05, 4.69) is 18.8 Å². The smallest absolute Gasteiger partial charge is 0.250 e. The van der Waals surface area contributed by atoms with Crippen LogP contribution >= 0.6 is 0 Å². The fourth-order valence-corrected chi connectivity index (χ4v) is 1.97. The van der Waals surface area contributed by atoms with Crippen LogP contribution in [0.1, 0.15) is 44.7 Å². The Morgan fingerprint density at radius 2 is 1.94 bits per heavy atom. The third-order valence-corrected chi connectivity index (χ3v) is 2.68. The topological polar surface area (TPSA) is 12.0 Å². The van der Waals surface area contributed by atoms with E-state index in [1.165, 1.54) is 0 Å². The zero-order valence-corrected chi connectivity index (χ0v) is 11.0. The summed E-state index contributed by atoms with van der Waals surface area (Å²) in [5.74, 6) is -2.71. The fourth-order valence-electron chi connectivity index (χ4n) is 1.97. The minimum absolute atomic E-state index is 0.0612. The van der Waals surface area contributed by atoms with E-state index in [1.807, 2.05) is 30.3 Å². The highest BCUT2D eigenvalue weighted by atomic mass is 19.3. The number of allylic oxidation sites excluding steroid dienone is 1. The third-order valence-electron chi connectivity index (χ3n) is 2.68. The van der Waals surface area contributed by atoms with Gasteiger partial charge in [0.05, 0.1) is 12.5 Å². The van der Waals surface area contributed by atoms with Crippen LogP contribution in [0.5, 0.6) is 0 Å². The lowest BCUT2D eigenvalue weighted by Gasteiger charge is -2.23. The molecule has 0 spiro atoms. The number of nitrogens with one attached hydrogen (secondary N) is 1. The maximum absolute atomic E-state index is 12.9. The molecule has 100 valence electrons. The van der Waals surface area contributed by atoms with Crippen molar-refractivity contribution in [3.05, 3.63) is 48.2 Å². The SMILES string of the molecule is C=C(CC(C)(F)F)NC(CCC)c1ccccc1. The lowest BCUT2D eigenvalue weighted by atomic mass is 10.0. The standard InChI is InChI=1S/C15H21F2N/c1-4-8-14(13-9-6-5-7-10-13)18-12(2)11-15(3,16)17/h5-7,9-10,14,18H,2,4,8,11H2,1,3H3. The van der Waals surface area contributed by atoms with Crippen molar-refractivity contribution in [2.24, 2.45) is 0 Å². The molecule has 0 fully saturated rings. The van der Waals surface area contributed by atoms with Crippen molar-refractivity contribution in [2.45, 2.75) is 45.1 Å². The van der Waals surface area contributed by atoms with E-state index in [-0.39, 0.29) is 12.5 Å². The molecule has 1 N–H and O–H groups in total. The largest absolute Gasteiger partial charge is 0.382 e. The predicted octanol–water partition coefficient (Wildman–Crippen LogP) is 4.68. The predicted molar refractivity (Wildman–Crippen MR) is 71.6 cm³/mol. The van der Waals surface area contributed by atoms with Gasteiger partial charge in [-0.3, -0.25) is 0 Å². The average Bonchev–Trinajstić information content (AvgIpc) is 2.27. The van der Waals surface area contributed by atoms with Gasteiger partial charge in [0.15, 0.2) is 0 Å². The molecule has 18 heavy (non-hydrogen) atoms. The molecule has 1 aromatic carbocycles. The molecule has 0 amide bonds. The van der Waals surface area contributed by atoms with E-state index in [1.54, 1.807) is 0 Å². The molecular formula is C15H21F2N. The first-order chi connectivity index (χ1) is 8.42. The zero-order valence-electron chi connectivity index (χ0n) is 11.0. The number of alkyl halides is 2. The molecule has 1 aromatic rings. The second kappa shape index (κ2) is 6.53. The van der Waals surface area contributed by atoms with Gasteiger partial charge in [-0.2, -0.15) is 0 Å². The van der Waals surface area contributed by atoms with Crippen molar-refractivity contribution in [1.29, 1.82) is 0 Å². The molecule has 1 unspecified atom stereocenters. The van der Waals surface area contributed by atoms with Crippen molar-refractivity contribution in [2.75, 3.05) is 0 Å². The van der Waals surface area contributed by atoms with Gasteiger partial charge in [-0.05, 0) is 18.9 Å². The minimum Gasteiger partial charge on any atom is -0.382 e. The summed E-state index contributed by atoms with van der Waals surface area (Å²) in [6.07, 6.45) is 1.57. The molecule has 0 bridgehead atoms. The molecule has 0 heterocycles. The molecular weight excluding hydrogens is 232 g/mol. The van der Waals surface area contributed by atoms with Crippen LogP contribution in [0.15, 0.2) is 42.6 Å². The number of benzene rings is 1. The Bertz CT molecular complexity index is 368. The molecule has 0 saturated carbocycles. The van der Waals surface area contributed by atoms with Crippen LogP contribution in [-0.4, -0.2) is 5.92 Å². The van der Waals surface area contributed by atoms with Crippen molar-refractivity contribution in [1.82, 2.24) is 5.32 Å². The summed E-state index contributed by atoms with van der Waals surface area (Å²) in [5.41, 5.74) is 1.50. The lowest BCUT2D eigenvalue weighted by molar-refractivity contribution is 0.0208. The van der Waals surface area contributed by atoms with Crippen LogP contribution in [0.3, 0.4) is 0 Å². The van der Waals surface area contributed by atoms with Crippen molar-refractivity contribution in [3.63, 3.8) is 0 Å². The van der Waals surface area contributed by atoms with Gasteiger partial charge in [-0.15, -0.1) is 0 Å². The monoisotopic (exact) mass is 253 g/mol. The van der Waals surface area contributed by atoms with Gasteiger partial charge in [-0.25, -0.2) is 8.78 Å². The molecule has 0 aliphatic rings. The Morgan fingerprint density at radius 3 is 2.44 bits per heavy atom. The van der Waals surface area contributed by atoms with Gasteiger partial charge in [0.2, 0.25) is 0 Å². The molecule has 3 heteroatoms. The zero-order chi connectivity index (χ0) is 13.6. The summed E-state index contributed by atoms with van der Waals surface area (Å²) in [6.45, 7) is 6.69. The van der Waals surface area contributed by atoms with E-state index in [4.69, 9.17) is 0 Å². The molecule has 0 radical (unpaired) electrons. The summed E-state index contributed by atoms with van der Waals surface area (Å²) < 4.78 is 25.8. The molecule has 0 aromatic heterocycles. The van der Waals surface area contributed by atoms with Crippen LogP contribution in [0.25, 0.3) is 0 Å². The van der Waals surface area contributed by atoms with Crippen molar-refractivity contribution < 1.29 is 8.78 Å². The van der Waals surface area contributed by atoms with Gasteiger partial charge in [0.1, 0.15) is 0 Å². The van der Waals surface area contributed by atoms with Gasteiger partial charge in [-0.1, -0.05) is 50.3 Å². The number of rotatable bonds is 7. The normalized spacial score (nSPS) is 13.1. The first-order valence-corrected chi connectivity index (χ1v) is 6.29. The highest BCUT2D eigenvalue weighted by Gasteiger charge is 2.23. The Labute approximate surface area is 108 Å². The fraction of sp³-hybridized carbons (Fsp3) is 0.467. The lowest BCUT2D eigenvalue weighted by Crippen LogP contribution is -2.24. The Balaban J connectivity index is 2.67. The van der Waals surface area contributed by atoms with Gasteiger partial charge in [0, 0.05) is 5.70 Å². The molecule has 1 rings (SSSR count). The van der Waals surface area contributed by atoms with Crippen LogP contribution < -0.4 is 5.32 Å². The van der Waals surface area contributed by atoms with E-state index >= 15 is 0 Å². The second-order valence-electron chi connectivity index (χ2n) is 4.75. The highest BCUT2D eigenvalue weighted by Crippen LogP contribution is 2.24. The summed E-state index contributed by atoms with van der Waals surface area (Å²) in [6, 6.07) is 9.93. The van der Waals surface area contributed by atoms with E-state index in [0.29, 0.717) is 5.70 Å². The first kappa shape index (κ1) is 14.7. The summed E-state index contributed by atoms with van der Waals surface area (Å²) in [7, 11) is 0. The first-order valence-electron chi connectivity index (χ1n) is 6.29. The third kappa shape index (κ3) is 5.30. The Morgan fingerprint density at radius 1 is 1.33 bits per heavy atom. The van der Waals surface area contributed by atoms with E-state index < -0.39 is 5.92 Å². The van der Waals surface area contributed by atoms with Crippen LogP contribution in [0.2, 0.25) is 0 Å². The Kier molecular flexibility index (Phi) is 5.32. The molecule has 0 aliphatic heterocycles. The van der Waals surface area contributed by atoms with Crippen molar-refractivity contribution >= 4 is 0 Å².